The van der Waals surface area contributed by atoms with Gasteiger partial charge < -0.3 is 8.83 Å². The lowest BCUT2D eigenvalue weighted by molar-refractivity contribution is 0.0660. The van der Waals surface area contributed by atoms with E-state index >= 15 is 0 Å². The van der Waals surface area contributed by atoms with Crippen LogP contribution in [0.5, 0.6) is 0 Å². The highest BCUT2D eigenvalue weighted by molar-refractivity contribution is 7.12. The van der Waals surface area contributed by atoms with E-state index in [1.807, 2.05) is 17.5 Å². The summed E-state index contributed by atoms with van der Waals surface area (Å²) in [5.74, 6) is 0.535. The number of thiophene rings is 1. The lowest BCUT2D eigenvalue weighted by Crippen LogP contribution is -2.26. The van der Waals surface area contributed by atoms with Crippen LogP contribution >= 0.6 is 22.9 Å². The third-order valence-electron chi connectivity index (χ3n) is 3.58. The van der Waals surface area contributed by atoms with Crippen molar-refractivity contribution in [3.05, 3.63) is 69.7 Å². The van der Waals surface area contributed by atoms with Gasteiger partial charge in [-0.05, 0) is 47.3 Å². The van der Waals surface area contributed by atoms with E-state index in [-0.39, 0.29) is 22.9 Å². The Morgan fingerprint density at radius 3 is 2.87 bits per heavy atom. The Kier molecular flexibility index (Phi) is 3.55. The van der Waals surface area contributed by atoms with Gasteiger partial charge in [-0.1, -0.05) is 6.07 Å². The molecule has 1 aliphatic heterocycles. The summed E-state index contributed by atoms with van der Waals surface area (Å²) in [6, 6.07) is 10.3. The molecule has 7 heteroatoms. The first-order valence-electron chi connectivity index (χ1n) is 6.96. The highest BCUT2D eigenvalue weighted by atomic mass is 35.5. The van der Waals surface area contributed by atoms with Gasteiger partial charge in [0.05, 0.1) is 16.9 Å². The molecule has 0 bridgehead atoms. The van der Waals surface area contributed by atoms with Gasteiger partial charge in [0, 0.05) is 6.42 Å². The van der Waals surface area contributed by atoms with E-state index in [2.05, 4.69) is 5.10 Å². The SMILES string of the molecule is O=C(c1ccco1)N1N=C(c2cccs2)C[C@H]1c1ccc(Cl)o1. The molecule has 0 saturated heterocycles. The van der Waals surface area contributed by atoms with Crippen LogP contribution in [0, 0.1) is 0 Å². The Hall–Kier alpha value is -2.31. The second kappa shape index (κ2) is 5.72. The molecular weight excluding hydrogens is 336 g/mol. The van der Waals surface area contributed by atoms with E-state index in [9.17, 15) is 4.79 Å². The van der Waals surface area contributed by atoms with E-state index in [0.29, 0.717) is 12.2 Å². The maximum atomic E-state index is 12.7. The first-order chi connectivity index (χ1) is 11.2. The standard InChI is InChI=1S/C16H11ClN2O3S/c17-15-6-5-12(22-15)11-9-10(14-4-2-8-23-14)18-19(11)16(20)13-3-1-7-21-13/h1-8,11H,9H2/t11-/m0/s1. The molecule has 4 rings (SSSR count). The Morgan fingerprint density at radius 2 is 2.22 bits per heavy atom. The van der Waals surface area contributed by atoms with Crippen molar-refractivity contribution >= 4 is 34.6 Å². The number of hydrazone groups is 1. The van der Waals surface area contributed by atoms with E-state index in [1.54, 1.807) is 35.6 Å². The van der Waals surface area contributed by atoms with Crippen molar-refractivity contribution in [2.45, 2.75) is 12.5 Å². The van der Waals surface area contributed by atoms with Gasteiger partial charge in [-0.25, -0.2) is 5.01 Å². The predicted molar refractivity (Wildman–Crippen MR) is 86.8 cm³/mol. The normalized spacial score (nSPS) is 17.5. The molecule has 0 fully saturated rings. The molecule has 23 heavy (non-hydrogen) atoms. The van der Waals surface area contributed by atoms with Crippen molar-refractivity contribution in [1.82, 2.24) is 5.01 Å². The first kappa shape index (κ1) is 14.3. The van der Waals surface area contributed by atoms with Crippen LogP contribution in [0.15, 0.2) is 62.0 Å². The topological polar surface area (TPSA) is 59.0 Å². The number of hydrogen-bond donors (Lipinski definition) is 0. The van der Waals surface area contributed by atoms with E-state index in [4.69, 9.17) is 20.4 Å². The third kappa shape index (κ3) is 2.60. The highest BCUT2D eigenvalue weighted by Gasteiger charge is 2.36. The molecular formula is C16H11ClN2O3S. The van der Waals surface area contributed by atoms with Gasteiger partial charge in [0.1, 0.15) is 11.8 Å². The smallest absolute Gasteiger partial charge is 0.310 e. The lowest BCUT2D eigenvalue weighted by atomic mass is 10.1. The van der Waals surface area contributed by atoms with E-state index in [0.717, 1.165) is 10.6 Å². The summed E-state index contributed by atoms with van der Waals surface area (Å²) in [4.78, 5) is 13.7. The number of carbonyl (C=O) groups is 1. The maximum absolute atomic E-state index is 12.7. The van der Waals surface area contributed by atoms with Crippen LogP contribution in [0.25, 0.3) is 0 Å². The van der Waals surface area contributed by atoms with Crippen LogP contribution in [-0.4, -0.2) is 16.6 Å². The molecule has 1 amide bonds. The highest BCUT2D eigenvalue weighted by Crippen LogP contribution is 2.36. The minimum atomic E-state index is -0.336. The molecule has 4 heterocycles. The average Bonchev–Trinajstić information content (AvgIpc) is 3.31. The van der Waals surface area contributed by atoms with Gasteiger partial charge in [0.25, 0.3) is 0 Å². The summed E-state index contributed by atoms with van der Waals surface area (Å²) in [5, 5.41) is 8.17. The fourth-order valence-electron chi connectivity index (χ4n) is 2.53. The van der Waals surface area contributed by atoms with Gasteiger partial charge in [-0.2, -0.15) is 5.10 Å². The summed E-state index contributed by atoms with van der Waals surface area (Å²) in [7, 11) is 0. The summed E-state index contributed by atoms with van der Waals surface area (Å²) >= 11 is 7.46. The first-order valence-corrected chi connectivity index (χ1v) is 8.22. The molecule has 0 radical (unpaired) electrons. The van der Waals surface area contributed by atoms with Gasteiger partial charge >= 0.3 is 5.91 Å². The summed E-state index contributed by atoms with van der Waals surface area (Å²) in [5.41, 5.74) is 0.845. The largest absolute Gasteiger partial charge is 0.459 e. The van der Waals surface area contributed by atoms with Crippen LogP contribution < -0.4 is 0 Å². The van der Waals surface area contributed by atoms with Crippen LogP contribution in [0.1, 0.15) is 33.7 Å². The fourth-order valence-corrected chi connectivity index (χ4v) is 3.40. The molecule has 0 N–H and O–H groups in total. The zero-order valence-electron chi connectivity index (χ0n) is 11.8. The number of rotatable bonds is 3. The van der Waals surface area contributed by atoms with Crippen LogP contribution in [-0.2, 0) is 0 Å². The van der Waals surface area contributed by atoms with Gasteiger partial charge in [-0.15, -0.1) is 11.3 Å². The average molecular weight is 347 g/mol. The number of nitrogens with zero attached hydrogens (tertiary/aromatic N) is 2. The fraction of sp³-hybridized carbons (Fsp3) is 0.125. The zero-order valence-corrected chi connectivity index (χ0v) is 13.4. The maximum Gasteiger partial charge on any atom is 0.310 e. The Labute approximate surface area is 140 Å². The molecule has 0 saturated carbocycles. The number of halogens is 1. The molecule has 0 aromatic carbocycles. The number of amides is 1. The molecule has 0 unspecified atom stereocenters. The minimum absolute atomic E-state index is 0.240. The number of hydrogen-bond acceptors (Lipinski definition) is 5. The second-order valence-electron chi connectivity index (χ2n) is 5.01. The molecule has 3 aromatic rings. The van der Waals surface area contributed by atoms with Crippen LogP contribution in [0.3, 0.4) is 0 Å². The summed E-state index contributed by atoms with van der Waals surface area (Å²) in [6.45, 7) is 0. The predicted octanol–water partition coefficient (Wildman–Crippen LogP) is 4.58. The van der Waals surface area contributed by atoms with Crippen molar-refractivity contribution in [2.24, 2.45) is 5.10 Å². The van der Waals surface area contributed by atoms with Gasteiger partial charge in [0.2, 0.25) is 0 Å². The molecule has 1 atom stereocenters. The number of furan rings is 2. The third-order valence-corrected chi connectivity index (χ3v) is 4.70. The second-order valence-corrected chi connectivity index (χ2v) is 6.33. The zero-order chi connectivity index (χ0) is 15.8. The van der Waals surface area contributed by atoms with E-state index < -0.39 is 0 Å². The molecule has 1 aliphatic rings. The van der Waals surface area contributed by atoms with Crippen LogP contribution in [0.2, 0.25) is 5.22 Å². The van der Waals surface area contributed by atoms with Gasteiger partial charge in [-0.3, -0.25) is 4.79 Å². The molecule has 0 aliphatic carbocycles. The van der Waals surface area contributed by atoms with Gasteiger partial charge in [0.15, 0.2) is 11.0 Å². The van der Waals surface area contributed by atoms with Crippen molar-refractivity contribution in [3.8, 4) is 0 Å². The number of carbonyl (C=O) groups excluding carboxylic acids is 1. The molecule has 0 spiro atoms. The van der Waals surface area contributed by atoms with Crippen molar-refractivity contribution < 1.29 is 13.6 Å². The molecule has 5 nitrogen and oxygen atoms in total. The van der Waals surface area contributed by atoms with E-state index in [1.165, 1.54) is 11.3 Å². The Morgan fingerprint density at radius 1 is 1.30 bits per heavy atom. The Bertz CT molecular complexity index is 852. The van der Waals surface area contributed by atoms with Crippen molar-refractivity contribution in [3.63, 3.8) is 0 Å². The summed E-state index contributed by atoms with van der Waals surface area (Å²) < 4.78 is 10.7. The van der Waals surface area contributed by atoms with Crippen molar-refractivity contribution in [1.29, 1.82) is 0 Å². The molecule has 3 aromatic heterocycles. The quantitative estimate of drug-likeness (QED) is 0.697. The lowest BCUT2D eigenvalue weighted by Gasteiger charge is -2.18. The summed E-state index contributed by atoms with van der Waals surface area (Å²) in [6.07, 6.45) is 2.03. The van der Waals surface area contributed by atoms with Crippen LogP contribution in [0.4, 0.5) is 0 Å². The Balaban J connectivity index is 1.72. The monoisotopic (exact) mass is 346 g/mol. The van der Waals surface area contributed by atoms with Crippen molar-refractivity contribution in [2.75, 3.05) is 0 Å². The minimum Gasteiger partial charge on any atom is -0.459 e. The molecule has 116 valence electrons.